The van der Waals surface area contributed by atoms with E-state index in [2.05, 4.69) is 4.98 Å². The van der Waals surface area contributed by atoms with Gasteiger partial charge in [-0.25, -0.2) is 0 Å². The molecule has 2 nitrogen and oxygen atoms in total. The number of para-hydroxylation sites is 1. The Bertz CT molecular complexity index is 463. The Hall–Kier alpha value is -1.41. The molecular weight excluding hydrogens is 174 g/mol. The SMILES string of the molecule is Cc1cc([C@H](C)O)nc2ccccc12. The van der Waals surface area contributed by atoms with E-state index in [4.69, 9.17) is 0 Å². The van der Waals surface area contributed by atoms with Crippen molar-refractivity contribution in [2.24, 2.45) is 0 Å². The summed E-state index contributed by atoms with van der Waals surface area (Å²) in [6, 6.07) is 9.91. The highest BCUT2D eigenvalue weighted by Crippen LogP contribution is 2.20. The number of aliphatic hydroxyl groups excluding tert-OH is 1. The van der Waals surface area contributed by atoms with Crippen molar-refractivity contribution >= 4 is 10.9 Å². The molecule has 1 aromatic heterocycles. The van der Waals surface area contributed by atoms with Crippen molar-refractivity contribution in [1.29, 1.82) is 0 Å². The predicted molar refractivity (Wildman–Crippen MR) is 57.1 cm³/mol. The molecule has 0 saturated carbocycles. The van der Waals surface area contributed by atoms with Crippen LogP contribution in [0.4, 0.5) is 0 Å². The maximum absolute atomic E-state index is 9.45. The van der Waals surface area contributed by atoms with Crippen LogP contribution < -0.4 is 0 Å². The number of hydrogen-bond donors (Lipinski definition) is 1. The molecule has 72 valence electrons. The monoisotopic (exact) mass is 187 g/mol. The lowest BCUT2D eigenvalue weighted by atomic mass is 10.1. The summed E-state index contributed by atoms with van der Waals surface area (Å²) in [6.45, 7) is 3.77. The largest absolute Gasteiger partial charge is 0.387 e. The predicted octanol–water partition coefficient (Wildman–Crippen LogP) is 2.60. The van der Waals surface area contributed by atoms with Crippen LogP contribution in [0.1, 0.15) is 24.3 Å². The molecule has 2 rings (SSSR count). The molecule has 1 N–H and O–H groups in total. The fourth-order valence-electron chi connectivity index (χ4n) is 1.59. The first-order chi connectivity index (χ1) is 6.68. The Morgan fingerprint density at radius 2 is 2.00 bits per heavy atom. The van der Waals surface area contributed by atoms with Gasteiger partial charge in [0, 0.05) is 5.39 Å². The first-order valence-corrected chi connectivity index (χ1v) is 4.73. The molecule has 1 heterocycles. The number of aryl methyl sites for hydroxylation is 1. The lowest BCUT2D eigenvalue weighted by molar-refractivity contribution is 0.194. The van der Waals surface area contributed by atoms with E-state index in [0.717, 1.165) is 22.2 Å². The lowest BCUT2D eigenvalue weighted by Gasteiger charge is -2.07. The van der Waals surface area contributed by atoms with E-state index < -0.39 is 6.10 Å². The summed E-state index contributed by atoms with van der Waals surface area (Å²) in [5.74, 6) is 0. The van der Waals surface area contributed by atoms with Crippen LogP contribution in [0.5, 0.6) is 0 Å². The van der Waals surface area contributed by atoms with Gasteiger partial charge in [-0.05, 0) is 31.5 Å². The van der Waals surface area contributed by atoms with Gasteiger partial charge in [0.2, 0.25) is 0 Å². The fourth-order valence-corrected chi connectivity index (χ4v) is 1.59. The van der Waals surface area contributed by atoms with E-state index in [9.17, 15) is 5.11 Å². The molecule has 0 saturated heterocycles. The van der Waals surface area contributed by atoms with Crippen LogP contribution >= 0.6 is 0 Å². The van der Waals surface area contributed by atoms with Gasteiger partial charge >= 0.3 is 0 Å². The van der Waals surface area contributed by atoms with Crippen molar-refractivity contribution in [3.8, 4) is 0 Å². The number of benzene rings is 1. The van der Waals surface area contributed by atoms with Crippen LogP contribution in [0.3, 0.4) is 0 Å². The molecule has 14 heavy (non-hydrogen) atoms. The van der Waals surface area contributed by atoms with E-state index >= 15 is 0 Å². The number of hydrogen-bond acceptors (Lipinski definition) is 2. The van der Waals surface area contributed by atoms with Crippen molar-refractivity contribution in [3.05, 3.63) is 41.6 Å². The molecule has 0 aliphatic carbocycles. The molecule has 0 bridgehead atoms. The van der Waals surface area contributed by atoms with E-state index in [1.165, 1.54) is 0 Å². The molecule has 2 aromatic rings. The molecule has 0 fully saturated rings. The summed E-state index contributed by atoms with van der Waals surface area (Å²) >= 11 is 0. The first kappa shape index (κ1) is 9.16. The summed E-state index contributed by atoms with van der Waals surface area (Å²) in [7, 11) is 0. The quantitative estimate of drug-likeness (QED) is 0.744. The zero-order valence-electron chi connectivity index (χ0n) is 8.36. The maximum atomic E-state index is 9.45. The molecular formula is C12H13NO. The normalized spacial score (nSPS) is 13.1. The third-order valence-corrected chi connectivity index (χ3v) is 2.37. The van der Waals surface area contributed by atoms with Gasteiger partial charge in [-0.1, -0.05) is 18.2 Å². The summed E-state index contributed by atoms with van der Waals surface area (Å²) in [6.07, 6.45) is -0.502. The smallest absolute Gasteiger partial charge is 0.0932 e. The zero-order chi connectivity index (χ0) is 10.1. The number of nitrogens with zero attached hydrogens (tertiary/aromatic N) is 1. The molecule has 0 spiro atoms. The minimum Gasteiger partial charge on any atom is -0.387 e. The number of aliphatic hydroxyl groups is 1. The van der Waals surface area contributed by atoms with E-state index in [1.54, 1.807) is 6.92 Å². The number of rotatable bonds is 1. The average molecular weight is 187 g/mol. The van der Waals surface area contributed by atoms with Gasteiger partial charge in [0.25, 0.3) is 0 Å². The van der Waals surface area contributed by atoms with Crippen molar-refractivity contribution in [1.82, 2.24) is 4.98 Å². The number of aromatic nitrogens is 1. The highest BCUT2D eigenvalue weighted by molar-refractivity contribution is 5.82. The van der Waals surface area contributed by atoms with Gasteiger partial charge in [0.1, 0.15) is 0 Å². The van der Waals surface area contributed by atoms with Gasteiger partial charge in [0.15, 0.2) is 0 Å². The summed E-state index contributed by atoms with van der Waals surface area (Å²) in [5, 5.41) is 10.6. The Kier molecular flexibility index (Phi) is 2.22. The molecule has 0 unspecified atom stereocenters. The topological polar surface area (TPSA) is 33.1 Å². The van der Waals surface area contributed by atoms with Crippen LogP contribution in [-0.4, -0.2) is 10.1 Å². The van der Waals surface area contributed by atoms with Crippen LogP contribution in [-0.2, 0) is 0 Å². The second-order valence-electron chi connectivity index (χ2n) is 3.56. The summed E-state index contributed by atoms with van der Waals surface area (Å²) < 4.78 is 0. The van der Waals surface area contributed by atoms with Crippen LogP contribution in [0, 0.1) is 6.92 Å². The van der Waals surface area contributed by atoms with Gasteiger partial charge in [-0.15, -0.1) is 0 Å². The second kappa shape index (κ2) is 3.39. The van der Waals surface area contributed by atoms with Gasteiger partial charge in [-0.2, -0.15) is 0 Å². The third kappa shape index (κ3) is 1.49. The lowest BCUT2D eigenvalue weighted by Crippen LogP contribution is -1.97. The molecule has 0 amide bonds. The van der Waals surface area contributed by atoms with E-state index in [-0.39, 0.29) is 0 Å². The van der Waals surface area contributed by atoms with Crippen molar-refractivity contribution in [2.45, 2.75) is 20.0 Å². The maximum Gasteiger partial charge on any atom is 0.0932 e. The third-order valence-electron chi connectivity index (χ3n) is 2.37. The Balaban J connectivity index is 2.72. The fraction of sp³-hybridized carbons (Fsp3) is 0.250. The van der Waals surface area contributed by atoms with E-state index in [0.29, 0.717) is 0 Å². The zero-order valence-corrected chi connectivity index (χ0v) is 8.36. The molecule has 1 atom stereocenters. The number of fused-ring (bicyclic) bond motifs is 1. The summed E-state index contributed by atoms with van der Waals surface area (Å²) in [5.41, 5.74) is 2.84. The van der Waals surface area contributed by atoms with Crippen LogP contribution in [0.25, 0.3) is 10.9 Å². The Labute approximate surface area is 83.2 Å². The van der Waals surface area contributed by atoms with Crippen LogP contribution in [0.15, 0.2) is 30.3 Å². The van der Waals surface area contributed by atoms with Crippen molar-refractivity contribution in [3.63, 3.8) is 0 Å². The van der Waals surface area contributed by atoms with Gasteiger partial charge < -0.3 is 5.11 Å². The van der Waals surface area contributed by atoms with Crippen molar-refractivity contribution in [2.75, 3.05) is 0 Å². The molecule has 0 aliphatic heterocycles. The highest BCUT2D eigenvalue weighted by atomic mass is 16.3. The molecule has 0 radical (unpaired) electrons. The minimum atomic E-state index is -0.502. The second-order valence-corrected chi connectivity index (χ2v) is 3.56. The molecule has 2 heteroatoms. The number of pyridine rings is 1. The Morgan fingerprint density at radius 1 is 1.29 bits per heavy atom. The highest BCUT2D eigenvalue weighted by Gasteiger charge is 2.05. The van der Waals surface area contributed by atoms with E-state index in [1.807, 2.05) is 37.3 Å². The first-order valence-electron chi connectivity index (χ1n) is 4.73. The van der Waals surface area contributed by atoms with Crippen LogP contribution in [0.2, 0.25) is 0 Å². The minimum absolute atomic E-state index is 0.502. The average Bonchev–Trinajstić information content (AvgIpc) is 2.17. The van der Waals surface area contributed by atoms with Gasteiger partial charge in [-0.3, -0.25) is 4.98 Å². The summed E-state index contributed by atoms with van der Waals surface area (Å²) in [4.78, 5) is 4.39. The molecule has 0 aliphatic rings. The van der Waals surface area contributed by atoms with Gasteiger partial charge in [0.05, 0.1) is 17.3 Å². The molecule has 1 aromatic carbocycles. The van der Waals surface area contributed by atoms with Crippen molar-refractivity contribution < 1.29 is 5.11 Å². The standard InChI is InChI=1S/C12H13NO/c1-8-7-12(9(2)14)13-11-6-4-3-5-10(8)11/h3-7,9,14H,1-2H3/t9-/m0/s1. The Morgan fingerprint density at radius 3 is 2.71 bits per heavy atom.